The Morgan fingerprint density at radius 1 is 1.10 bits per heavy atom. The molecule has 0 atom stereocenters. The molecule has 0 aliphatic heterocycles. The maximum absolute atomic E-state index is 11.4. The van der Waals surface area contributed by atoms with E-state index in [0.717, 1.165) is 40.1 Å². The molecule has 0 N–H and O–H groups in total. The summed E-state index contributed by atoms with van der Waals surface area (Å²) in [7, 11) is 0. The Morgan fingerprint density at radius 2 is 1.86 bits per heavy atom. The van der Waals surface area contributed by atoms with Crippen molar-refractivity contribution in [1.82, 2.24) is 4.57 Å². The first-order valence-electron chi connectivity index (χ1n) is 9.68. The first-order chi connectivity index (χ1) is 14.2. The predicted octanol–water partition coefficient (Wildman–Crippen LogP) is 6.22. The summed E-state index contributed by atoms with van der Waals surface area (Å²) in [6, 6.07) is 17.0. The van der Waals surface area contributed by atoms with Gasteiger partial charge in [0.2, 0.25) is 0 Å². The molecular formula is C22H19N3O3S. The Labute approximate surface area is 170 Å². The van der Waals surface area contributed by atoms with Crippen LogP contribution in [-0.4, -0.2) is 9.49 Å². The summed E-state index contributed by atoms with van der Waals surface area (Å²) < 4.78 is 8.33. The largest absolute Gasteiger partial charge is 0.454 e. The van der Waals surface area contributed by atoms with Crippen molar-refractivity contribution in [3.63, 3.8) is 0 Å². The minimum Gasteiger partial charge on any atom is -0.454 e. The number of benzene rings is 2. The predicted molar refractivity (Wildman–Crippen MR) is 113 cm³/mol. The molecule has 1 fully saturated rings. The van der Waals surface area contributed by atoms with E-state index in [1.54, 1.807) is 18.2 Å². The lowest BCUT2D eigenvalue weighted by Gasteiger charge is -2.14. The van der Waals surface area contributed by atoms with Gasteiger partial charge in [-0.1, -0.05) is 43.2 Å². The number of nitro benzene ring substituents is 1. The van der Waals surface area contributed by atoms with Crippen LogP contribution in [0.4, 0.5) is 11.4 Å². The summed E-state index contributed by atoms with van der Waals surface area (Å²) in [5.74, 6) is 0.804. The van der Waals surface area contributed by atoms with E-state index in [-0.39, 0.29) is 10.6 Å². The molecule has 5 rings (SSSR count). The van der Waals surface area contributed by atoms with Crippen molar-refractivity contribution in [3.8, 4) is 11.5 Å². The van der Waals surface area contributed by atoms with Crippen LogP contribution < -0.4 is 4.80 Å². The highest BCUT2D eigenvalue weighted by Gasteiger charge is 2.23. The van der Waals surface area contributed by atoms with Crippen LogP contribution in [0.25, 0.3) is 22.4 Å². The highest BCUT2D eigenvalue weighted by molar-refractivity contribution is 7.07. The number of nitrogens with zero attached hydrogens (tertiary/aromatic N) is 3. The normalized spacial score (nSPS) is 15.4. The summed E-state index contributed by atoms with van der Waals surface area (Å²) in [6.07, 6.45) is 4.51. The fraction of sp³-hybridized carbons (Fsp3) is 0.227. The van der Waals surface area contributed by atoms with Gasteiger partial charge >= 0.3 is 0 Å². The van der Waals surface area contributed by atoms with Crippen molar-refractivity contribution in [2.45, 2.75) is 31.7 Å². The first kappa shape index (κ1) is 17.9. The topological polar surface area (TPSA) is 73.6 Å². The second-order valence-electron chi connectivity index (χ2n) is 7.22. The van der Waals surface area contributed by atoms with Gasteiger partial charge < -0.3 is 8.98 Å². The molecule has 146 valence electrons. The van der Waals surface area contributed by atoms with Crippen LogP contribution >= 0.6 is 11.3 Å². The number of rotatable bonds is 4. The Morgan fingerprint density at radius 3 is 2.66 bits per heavy atom. The molecule has 6 nitrogen and oxygen atoms in total. The van der Waals surface area contributed by atoms with Crippen LogP contribution in [0, 0.1) is 10.1 Å². The van der Waals surface area contributed by atoms with Crippen molar-refractivity contribution < 1.29 is 9.34 Å². The summed E-state index contributed by atoms with van der Waals surface area (Å²) in [6.45, 7) is 0. The summed E-state index contributed by atoms with van der Waals surface area (Å²) >= 11 is 1.50. The van der Waals surface area contributed by atoms with Gasteiger partial charge in [-0.25, -0.2) is 4.99 Å². The number of nitro groups is 1. The minimum atomic E-state index is -0.382. The molecule has 2 heterocycles. The van der Waals surface area contributed by atoms with E-state index in [2.05, 4.69) is 10.6 Å². The smallest absolute Gasteiger partial charge is 0.294 e. The van der Waals surface area contributed by atoms with Crippen LogP contribution in [0.15, 0.2) is 69.4 Å². The molecule has 0 bridgehead atoms. The number of furan rings is 1. The molecule has 1 saturated carbocycles. The fourth-order valence-electron chi connectivity index (χ4n) is 4.02. The van der Waals surface area contributed by atoms with E-state index in [4.69, 9.17) is 9.41 Å². The second-order valence-corrected chi connectivity index (χ2v) is 8.05. The molecule has 0 saturated heterocycles. The Balaban J connectivity index is 1.70. The molecule has 2 aromatic carbocycles. The molecule has 0 radical (unpaired) electrons. The van der Waals surface area contributed by atoms with Crippen molar-refractivity contribution in [2.24, 2.45) is 4.99 Å². The maximum Gasteiger partial charge on any atom is 0.294 e. The Bertz CT molecular complexity index is 1230. The quantitative estimate of drug-likeness (QED) is 0.299. The average molecular weight is 405 g/mol. The highest BCUT2D eigenvalue weighted by Crippen LogP contribution is 2.36. The molecule has 0 spiro atoms. The van der Waals surface area contributed by atoms with Crippen molar-refractivity contribution in [1.29, 1.82) is 0 Å². The molecule has 1 aliphatic carbocycles. The Kier molecular flexibility index (Phi) is 4.52. The average Bonchev–Trinajstić information content (AvgIpc) is 3.46. The van der Waals surface area contributed by atoms with Gasteiger partial charge in [-0.05, 0) is 31.0 Å². The lowest BCUT2D eigenvalue weighted by molar-refractivity contribution is -0.384. The fourth-order valence-corrected chi connectivity index (χ4v) is 4.98. The number of hydrogen-bond donors (Lipinski definition) is 0. The molecule has 2 aromatic heterocycles. The first-order valence-corrected chi connectivity index (χ1v) is 10.6. The zero-order valence-corrected chi connectivity index (χ0v) is 16.5. The highest BCUT2D eigenvalue weighted by atomic mass is 32.1. The number of thiazole rings is 1. The Hall–Kier alpha value is -3.19. The van der Waals surface area contributed by atoms with E-state index in [0.29, 0.717) is 11.7 Å². The van der Waals surface area contributed by atoms with Gasteiger partial charge in [-0.3, -0.25) is 10.1 Å². The van der Waals surface area contributed by atoms with Crippen LogP contribution in [0.1, 0.15) is 31.7 Å². The van der Waals surface area contributed by atoms with E-state index in [9.17, 15) is 10.1 Å². The molecule has 4 aromatic rings. The van der Waals surface area contributed by atoms with Crippen molar-refractivity contribution >= 4 is 33.7 Å². The number of aromatic nitrogens is 1. The summed E-state index contributed by atoms with van der Waals surface area (Å²) in [5.41, 5.74) is 2.23. The zero-order valence-electron chi connectivity index (χ0n) is 15.7. The van der Waals surface area contributed by atoms with E-state index < -0.39 is 0 Å². The minimum absolute atomic E-state index is 0.0177. The third kappa shape index (κ3) is 3.27. The summed E-state index contributed by atoms with van der Waals surface area (Å²) in [4.78, 5) is 16.5. The molecule has 29 heavy (non-hydrogen) atoms. The van der Waals surface area contributed by atoms with Gasteiger partial charge in [0.1, 0.15) is 11.3 Å². The third-order valence-corrected chi connectivity index (χ3v) is 6.24. The van der Waals surface area contributed by atoms with E-state index in [1.165, 1.54) is 30.2 Å². The van der Waals surface area contributed by atoms with Gasteiger partial charge in [-0.2, -0.15) is 0 Å². The van der Waals surface area contributed by atoms with Crippen LogP contribution in [0.3, 0.4) is 0 Å². The SMILES string of the molecule is O=[N+]([O-])c1ccccc1N=c1scc(-c2cc3ccccc3o2)n1C1CCCC1. The molecule has 7 heteroatoms. The monoisotopic (exact) mass is 405 g/mol. The molecular weight excluding hydrogens is 386 g/mol. The van der Waals surface area contributed by atoms with Crippen LogP contribution in [-0.2, 0) is 0 Å². The second kappa shape index (κ2) is 7.33. The number of hydrogen-bond acceptors (Lipinski definition) is 5. The van der Waals surface area contributed by atoms with Gasteiger partial charge in [0.25, 0.3) is 5.69 Å². The van der Waals surface area contributed by atoms with Gasteiger partial charge in [-0.15, -0.1) is 11.3 Å². The van der Waals surface area contributed by atoms with Gasteiger partial charge in [0, 0.05) is 22.9 Å². The molecule has 0 amide bonds. The third-order valence-electron chi connectivity index (χ3n) is 5.40. The van der Waals surface area contributed by atoms with E-state index in [1.807, 2.05) is 29.6 Å². The van der Waals surface area contributed by atoms with Crippen molar-refractivity contribution in [3.05, 3.63) is 74.9 Å². The zero-order chi connectivity index (χ0) is 19.8. The van der Waals surface area contributed by atoms with Crippen LogP contribution in [0.2, 0.25) is 0 Å². The number of para-hydroxylation sites is 3. The lowest BCUT2D eigenvalue weighted by atomic mass is 10.2. The van der Waals surface area contributed by atoms with Crippen LogP contribution in [0.5, 0.6) is 0 Å². The summed E-state index contributed by atoms with van der Waals surface area (Å²) in [5, 5.41) is 14.5. The molecule has 1 aliphatic rings. The van der Waals surface area contributed by atoms with Gasteiger partial charge in [0.05, 0.1) is 10.6 Å². The van der Waals surface area contributed by atoms with Crippen molar-refractivity contribution in [2.75, 3.05) is 0 Å². The maximum atomic E-state index is 11.4. The van der Waals surface area contributed by atoms with E-state index >= 15 is 0 Å². The number of fused-ring (bicyclic) bond motifs is 1. The lowest BCUT2D eigenvalue weighted by Crippen LogP contribution is -2.19. The van der Waals surface area contributed by atoms with Gasteiger partial charge in [0.15, 0.2) is 10.6 Å². The molecule has 0 unspecified atom stereocenters. The standard InChI is InChI=1S/C22H19N3O3S/c26-25(27)18-11-5-4-10-17(18)23-22-24(16-8-2-3-9-16)19(14-29-22)21-13-15-7-1-6-12-20(15)28-21/h1,4-7,10-14,16H,2-3,8-9H2.